The Morgan fingerprint density at radius 1 is 1.00 bits per heavy atom. The fraction of sp³-hybridized carbons (Fsp3) is 0.304. The monoisotopic (exact) mass is 408 g/mol. The van der Waals surface area contributed by atoms with E-state index in [0.29, 0.717) is 43.8 Å². The van der Waals surface area contributed by atoms with Crippen LogP contribution in [0, 0.1) is 5.82 Å². The highest BCUT2D eigenvalue weighted by Crippen LogP contribution is 2.18. The van der Waals surface area contributed by atoms with Crippen molar-refractivity contribution < 1.29 is 14.0 Å². The molecule has 2 N–H and O–H groups in total. The number of aromatic nitrogens is 1. The molecule has 0 bridgehead atoms. The first-order valence-electron chi connectivity index (χ1n) is 10.2. The minimum Gasteiger partial charge on any atom is -0.351 e. The number of nitrogens with zero attached hydrogens (tertiary/aromatic N) is 2. The summed E-state index contributed by atoms with van der Waals surface area (Å²) in [5, 5.41) is 3.63. The van der Waals surface area contributed by atoms with E-state index in [1.54, 1.807) is 17.0 Å². The molecule has 1 aliphatic heterocycles. The third-order valence-electron chi connectivity index (χ3n) is 5.39. The topological polar surface area (TPSA) is 68.4 Å². The molecule has 0 unspecified atom stereocenters. The first-order valence-corrected chi connectivity index (χ1v) is 10.2. The van der Waals surface area contributed by atoms with Crippen LogP contribution < -0.4 is 5.32 Å². The largest absolute Gasteiger partial charge is 0.351 e. The van der Waals surface area contributed by atoms with Gasteiger partial charge in [-0.1, -0.05) is 30.3 Å². The number of nitrogens with one attached hydrogen (secondary N) is 2. The molecule has 4 rings (SSSR count). The number of carbonyl (C=O) groups excluding carboxylic acids is 2. The summed E-state index contributed by atoms with van der Waals surface area (Å²) < 4.78 is 13.4. The van der Waals surface area contributed by atoms with Gasteiger partial charge >= 0.3 is 0 Å². The molecule has 0 atom stereocenters. The number of amides is 2. The van der Waals surface area contributed by atoms with Crippen LogP contribution in [0.4, 0.5) is 4.39 Å². The van der Waals surface area contributed by atoms with Crippen LogP contribution in [0.5, 0.6) is 0 Å². The molecular formula is C23H25FN4O2. The minimum atomic E-state index is -0.323. The Balaban J connectivity index is 1.30. The molecule has 30 heavy (non-hydrogen) atoms. The number of halogens is 1. The number of aromatic amines is 1. The molecule has 0 radical (unpaired) electrons. The second-order valence-corrected chi connectivity index (χ2v) is 7.60. The predicted molar refractivity (Wildman–Crippen MR) is 114 cm³/mol. The van der Waals surface area contributed by atoms with Gasteiger partial charge in [-0.25, -0.2) is 4.39 Å². The van der Waals surface area contributed by atoms with Crippen LogP contribution in [0.15, 0.2) is 54.6 Å². The van der Waals surface area contributed by atoms with Gasteiger partial charge in [0.2, 0.25) is 5.91 Å². The lowest BCUT2D eigenvalue weighted by Crippen LogP contribution is -2.40. The SMILES string of the molecule is O=C(CN1CCCN(C(=O)c2cc3cc(F)ccc3[nH]2)CC1)NCc1ccccc1. The Morgan fingerprint density at radius 3 is 2.67 bits per heavy atom. The predicted octanol–water partition coefficient (Wildman–Crippen LogP) is 2.77. The number of hydrogen-bond donors (Lipinski definition) is 2. The summed E-state index contributed by atoms with van der Waals surface area (Å²) in [5.41, 5.74) is 2.27. The molecule has 0 saturated carbocycles. The van der Waals surface area contributed by atoms with Crippen molar-refractivity contribution in [3.8, 4) is 0 Å². The third kappa shape index (κ3) is 4.86. The van der Waals surface area contributed by atoms with E-state index in [1.807, 2.05) is 30.3 Å². The van der Waals surface area contributed by atoms with Crippen LogP contribution in [-0.4, -0.2) is 59.3 Å². The molecule has 7 heteroatoms. The third-order valence-corrected chi connectivity index (χ3v) is 5.39. The number of benzene rings is 2. The summed E-state index contributed by atoms with van der Waals surface area (Å²) in [7, 11) is 0. The lowest BCUT2D eigenvalue weighted by atomic mass is 10.2. The van der Waals surface area contributed by atoms with Crippen LogP contribution >= 0.6 is 0 Å². The average Bonchev–Trinajstić information content (AvgIpc) is 3.03. The van der Waals surface area contributed by atoms with Crippen LogP contribution in [-0.2, 0) is 11.3 Å². The lowest BCUT2D eigenvalue weighted by Gasteiger charge is -2.21. The Bertz CT molecular complexity index is 1030. The van der Waals surface area contributed by atoms with Crippen molar-refractivity contribution in [2.75, 3.05) is 32.7 Å². The molecule has 3 aromatic rings. The van der Waals surface area contributed by atoms with Crippen LogP contribution in [0.3, 0.4) is 0 Å². The van der Waals surface area contributed by atoms with Crippen LogP contribution in [0.25, 0.3) is 10.9 Å². The lowest BCUT2D eigenvalue weighted by molar-refractivity contribution is -0.122. The molecule has 0 aliphatic carbocycles. The van der Waals surface area contributed by atoms with E-state index in [2.05, 4.69) is 15.2 Å². The summed E-state index contributed by atoms with van der Waals surface area (Å²) in [5.74, 6) is -0.435. The van der Waals surface area contributed by atoms with Gasteiger partial charge in [-0.2, -0.15) is 0 Å². The smallest absolute Gasteiger partial charge is 0.270 e. The molecule has 0 spiro atoms. The van der Waals surface area contributed by atoms with Crippen molar-refractivity contribution in [1.29, 1.82) is 0 Å². The highest BCUT2D eigenvalue weighted by atomic mass is 19.1. The molecule has 156 valence electrons. The van der Waals surface area contributed by atoms with Gasteiger partial charge in [0.15, 0.2) is 0 Å². The van der Waals surface area contributed by atoms with Gasteiger partial charge in [-0.3, -0.25) is 14.5 Å². The van der Waals surface area contributed by atoms with Gasteiger partial charge in [0.25, 0.3) is 5.91 Å². The maximum Gasteiger partial charge on any atom is 0.270 e. The number of rotatable bonds is 5. The van der Waals surface area contributed by atoms with E-state index >= 15 is 0 Å². The van der Waals surface area contributed by atoms with Gasteiger partial charge in [-0.15, -0.1) is 0 Å². The fourth-order valence-corrected chi connectivity index (χ4v) is 3.78. The van der Waals surface area contributed by atoms with Crippen LogP contribution in [0.1, 0.15) is 22.5 Å². The Labute approximate surface area is 174 Å². The number of hydrogen-bond acceptors (Lipinski definition) is 3. The maximum absolute atomic E-state index is 13.4. The van der Waals surface area contributed by atoms with Crippen molar-refractivity contribution in [2.24, 2.45) is 0 Å². The summed E-state index contributed by atoms with van der Waals surface area (Å²) in [6, 6.07) is 15.9. The summed E-state index contributed by atoms with van der Waals surface area (Å²) in [6.07, 6.45) is 0.798. The van der Waals surface area contributed by atoms with Crippen LogP contribution in [0.2, 0.25) is 0 Å². The summed E-state index contributed by atoms with van der Waals surface area (Å²) >= 11 is 0. The Kier molecular flexibility index (Phi) is 6.09. The number of carbonyl (C=O) groups is 2. The van der Waals surface area contributed by atoms with Gasteiger partial charge in [0.05, 0.1) is 6.54 Å². The first kappa shape index (κ1) is 20.1. The summed E-state index contributed by atoms with van der Waals surface area (Å²) in [4.78, 5) is 32.1. The Morgan fingerprint density at radius 2 is 1.83 bits per heavy atom. The van der Waals surface area contributed by atoms with Crippen molar-refractivity contribution >= 4 is 22.7 Å². The van der Waals surface area contributed by atoms with Gasteiger partial charge in [-0.05, 0) is 36.2 Å². The van der Waals surface area contributed by atoms with Crippen molar-refractivity contribution in [2.45, 2.75) is 13.0 Å². The fourth-order valence-electron chi connectivity index (χ4n) is 3.78. The normalized spacial score (nSPS) is 15.2. The molecule has 2 amide bonds. The maximum atomic E-state index is 13.4. The molecule has 1 aromatic heterocycles. The molecule has 1 aliphatic rings. The van der Waals surface area contributed by atoms with E-state index < -0.39 is 0 Å². The van der Waals surface area contributed by atoms with E-state index in [-0.39, 0.29) is 17.6 Å². The highest BCUT2D eigenvalue weighted by molar-refractivity contribution is 5.98. The van der Waals surface area contributed by atoms with E-state index in [1.165, 1.54) is 12.1 Å². The highest BCUT2D eigenvalue weighted by Gasteiger charge is 2.22. The molecule has 2 heterocycles. The Hall–Kier alpha value is -3.19. The minimum absolute atomic E-state index is 0.0173. The summed E-state index contributed by atoms with van der Waals surface area (Å²) in [6.45, 7) is 3.42. The van der Waals surface area contributed by atoms with Gasteiger partial charge in [0.1, 0.15) is 11.5 Å². The van der Waals surface area contributed by atoms with Crippen molar-refractivity contribution in [1.82, 2.24) is 20.1 Å². The zero-order chi connectivity index (χ0) is 20.9. The van der Waals surface area contributed by atoms with E-state index in [4.69, 9.17) is 0 Å². The van der Waals surface area contributed by atoms with Crippen molar-refractivity contribution in [3.05, 3.63) is 71.7 Å². The quantitative estimate of drug-likeness (QED) is 0.682. The first-order chi connectivity index (χ1) is 14.6. The zero-order valence-electron chi connectivity index (χ0n) is 16.7. The van der Waals surface area contributed by atoms with Gasteiger partial charge in [0, 0.05) is 43.6 Å². The number of fused-ring (bicyclic) bond motifs is 1. The second kappa shape index (κ2) is 9.09. The average molecular weight is 408 g/mol. The molecule has 6 nitrogen and oxygen atoms in total. The van der Waals surface area contributed by atoms with Gasteiger partial charge < -0.3 is 15.2 Å². The zero-order valence-corrected chi connectivity index (χ0v) is 16.7. The molecular weight excluding hydrogens is 383 g/mol. The van der Waals surface area contributed by atoms with Crippen molar-refractivity contribution in [3.63, 3.8) is 0 Å². The molecule has 1 saturated heterocycles. The standard InChI is InChI=1S/C23H25FN4O2/c24-19-7-8-20-18(13-19)14-21(26-20)23(30)28-10-4-9-27(11-12-28)16-22(29)25-15-17-5-2-1-3-6-17/h1-3,5-8,13-14,26H,4,9-12,15-16H2,(H,25,29). The van der Waals surface area contributed by atoms with E-state index in [0.717, 1.165) is 24.0 Å². The molecule has 1 fully saturated rings. The number of H-pyrrole nitrogens is 1. The van der Waals surface area contributed by atoms with E-state index in [9.17, 15) is 14.0 Å². The second-order valence-electron chi connectivity index (χ2n) is 7.60. The molecule has 2 aromatic carbocycles.